The summed E-state index contributed by atoms with van der Waals surface area (Å²) in [6.07, 6.45) is 6.01. The number of hydrogen-bond donors (Lipinski definition) is 2. The van der Waals surface area contributed by atoms with Crippen LogP contribution >= 0.6 is 0 Å². The number of aromatic amines is 1. The zero-order chi connectivity index (χ0) is 18.8. The molecule has 0 bridgehead atoms. The number of fused-ring (bicyclic) bond motifs is 1. The van der Waals surface area contributed by atoms with E-state index in [0.717, 1.165) is 23.9 Å². The topological polar surface area (TPSA) is 87.2 Å². The fraction of sp³-hybridized carbons (Fsp3) is 0.550. The van der Waals surface area contributed by atoms with Gasteiger partial charge in [0.05, 0.1) is 17.0 Å². The summed E-state index contributed by atoms with van der Waals surface area (Å²) in [6.45, 7) is 1.30. The van der Waals surface area contributed by atoms with Crippen molar-refractivity contribution in [1.29, 1.82) is 0 Å². The van der Waals surface area contributed by atoms with Gasteiger partial charge in [0.25, 0.3) is 0 Å². The number of rotatable bonds is 5. The second kappa shape index (κ2) is 7.58. The van der Waals surface area contributed by atoms with Gasteiger partial charge in [-0.1, -0.05) is 31.4 Å². The molecule has 2 fully saturated rings. The number of H-pyrrole nitrogens is 1. The van der Waals surface area contributed by atoms with Crippen LogP contribution in [0.25, 0.3) is 11.0 Å². The smallest absolute Gasteiger partial charge is 0.326 e. The standard InChI is InChI=1S/C20H26N4O3/c25-18-12-14(13-24(18)15-6-2-1-3-7-15)19(26)21-10-11-23-17-9-5-4-8-16(17)22-20(23)27/h4-5,8-9,14-15H,1-3,6-7,10-13H2,(H,21,26)(H,22,27). The Labute approximate surface area is 157 Å². The molecule has 1 saturated heterocycles. The maximum absolute atomic E-state index is 12.5. The van der Waals surface area contributed by atoms with Gasteiger partial charge in [0.15, 0.2) is 0 Å². The molecule has 0 spiro atoms. The molecule has 2 aliphatic rings. The molecule has 4 rings (SSSR count). The van der Waals surface area contributed by atoms with Crippen molar-refractivity contribution in [3.63, 3.8) is 0 Å². The summed E-state index contributed by atoms with van der Waals surface area (Å²) < 4.78 is 1.63. The van der Waals surface area contributed by atoms with E-state index in [-0.39, 0.29) is 23.4 Å². The van der Waals surface area contributed by atoms with Crippen molar-refractivity contribution >= 4 is 22.8 Å². The number of para-hydroxylation sites is 2. The van der Waals surface area contributed by atoms with Gasteiger partial charge < -0.3 is 15.2 Å². The number of carbonyl (C=O) groups is 2. The number of hydrogen-bond acceptors (Lipinski definition) is 3. The molecule has 2 amide bonds. The number of aromatic nitrogens is 2. The van der Waals surface area contributed by atoms with E-state index >= 15 is 0 Å². The maximum atomic E-state index is 12.5. The monoisotopic (exact) mass is 370 g/mol. The Hall–Kier alpha value is -2.57. The summed E-state index contributed by atoms with van der Waals surface area (Å²) in [5.41, 5.74) is 1.44. The molecule has 1 aromatic carbocycles. The lowest BCUT2D eigenvalue weighted by molar-refractivity contribution is -0.130. The van der Waals surface area contributed by atoms with Crippen LogP contribution in [-0.2, 0) is 16.1 Å². The SMILES string of the molecule is O=C(NCCn1c(=O)[nH]c2ccccc21)C1CC(=O)N(C2CCCCC2)C1. The zero-order valence-corrected chi connectivity index (χ0v) is 15.4. The van der Waals surface area contributed by atoms with Gasteiger partial charge >= 0.3 is 5.69 Å². The minimum atomic E-state index is -0.279. The van der Waals surface area contributed by atoms with Gasteiger partial charge in [0.2, 0.25) is 11.8 Å². The number of carbonyl (C=O) groups excluding carboxylic acids is 2. The molecular formula is C20H26N4O3. The van der Waals surface area contributed by atoms with E-state index in [0.29, 0.717) is 32.1 Å². The highest BCUT2D eigenvalue weighted by Crippen LogP contribution is 2.28. The molecule has 0 radical (unpaired) electrons. The summed E-state index contributed by atoms with van der Waals surface area (Å²) in [6, 6.07) is 7.81. The predicted molar refractivity (Wildman–Crippen MR) is 102 cm³/mol. The Morgan fingerprint density at radius 1 is 1.15 bits per heavy atom. The molecule has 1 unspecified atom stereocenters. The van der Waals surface area contributed by atoms with Crippen molar-refractivity contribution < 1.29 is 9.59 Å². The molecule has 2 aromatic rings. The number of benzene rings is 1. The van der Waals surface area contributed by atoms with E-state index in [1.54, 1.807) is 4.57 Å². The Morgan fingerprint density at radius 2 is 1.93 bits per heavy atom. The third-order valence-corrected chi connectivity index (χ3v) is 5.86. The molecule has 1 aromatic heterocycles. The fourth-order valence-electron chi connectivity index (χ4n) is 4.42. The van der Waals surface area contributed by atoms with Crippen LogP contribution < -0.4 is 11.0 Å². The van der Waals surface area contributed by atoms with Crippen LogP contribution in [-0.4, -0.2) is 45.4 Å². The lowest BCUT2D eigenvalue weighted by Crippen LogP contribution is -2.39. The molecular weight excluding hydrogens is 344 g/mol. The molecule has 1 atom stereocenters. The second-order valence-electron chi connectivity index (χ2n) is 7.63. The number of likely N-dealkylation sites (tertiary alicyclic amines) is 1. The van der Waals surface area contributed by atoms with E-state index in [2.05, 4.69) is 10.3 Å². The van der Waals surface area contributed by atoms with Gasteiger partial charge in [0.1, 0.15) is 0 Å². The Kier molecular flexibility index (Phi) is 5.01. The first kappa shape index (κ1) is 17.8. The Balaban J connectivity index is 1.32. The van der Waals surface area contributed by atoms with Crippen molar-refractivity contribution in [3.8, 4) is 0 Å². The minimum Gasteiger partial charge on any atom is -0.354 e. The molecule has 27 heavy (non-hydrogen) atoms. The lowest BCUT2D eigenvalue weighted by atomic mass is 9.94. The minimum absolute atomic E-state index is 0.0884. The average molecular weight is 370 g/mol. The van der Waals surface area contributed by atoms with Crippen molar-refractivity contribution in [2.75, 3.05) is 13.1 Å². The van der Waals surface area contributed by atoms with Gasteiger partial charge in [-0.25, -0.2) is 4.79 Å². The van der Waals surface area contributed by atoms with Crippen LogP contribution in [0.4, 0.5) is 0 Å². The molecule has 2 N–H and O–H groups in total. The number of nitrogens with zero attached hydrogens (tertiary/aromatic N) is 2. The highest BCUT2D eigenvalue weighted by molar-refractivity contribution is 5.89. The van der Waals surface area contributed by atoms with Crippen LogP contribution in [0.15, 0.2) is 29.1 Å². The maximum Gasteiger partial charge on any atom is 0.326 e. The summed E-state index contributed by atoms with van der Waals surface area (Å²) in [7, 11) is 0. The fourth-order valence-corrected chi connectivity index (χ4v) is 4.42. The van der Waals surface area contributed by atoms with E-state index in [1.165, 1.54) is 19.3 Å². The second-order valence-corrected chi connectivity index (χ2v) is 7.63. The molecule has 1 aliphatic heterocycles. The molecule has 2 heterocycles. The quantitative estimate of drug-likeness (QED) is 0.839. The largest absolute Gasteiger partial charge is 0.354 e. The van der Waals surface area contributed by atoms with E-state index in [1.807, 2.05) is 29.2 Å². The summed E-state index contributed by atoms with van der Waals surface area (Å²) >= 11 is 0. The first-order valence-corrected chi connectivity index (χ1v) is 9.88. The zero-order valence-electron chi connectivity index (χ0n) is 15.4. The number of amides is 2. The van der Waals surface area contributed by atoms with Crippen LogP contribution in [0.3, 0.4) is 0 Å². The van der Waals surface area contributed by atoms with Gasteiger partial charge in [-0.3, -0.25) is 14.2 Å². The van der Waals surface area contributed by atoms with Gasteiger partial charge in [-0.15, -0.1) is 0 Å². The van der Waals surface area contributed by atoms with Crippen molar-refractivity contribution in [1.82, 2.24) is 19.8 Å². The van der Waals surface area contributed by atoms with Crippen LogP contribution in [0.1, 0.15) is 38.5 Å². The Bertz CT molecular complexity index is 894. The summed E-state index contributed by atoms with van der Waals surface area (Å²) in [4.78, 5) is 41.7. The molecule has 1 aliphatic carbocycles. The van der Waals surface area contributed by atoms with Gasteiger partial charge in [-0.2, -0.15) is 0 Å². The molecule has 144 valence electrons. The first-order chi connectivity index (χ1) is 13.1. The van der Waals surface area contributed by atoms with E-state index in [4.69, 9.17) is 0 Å². The lowest BCUT2D eigenvalue weighted by Gasteiger charge is -2.31. The third kappa shape index (κ3) is 3.63. The highest BCUT2D eigenvalue weighted by Gasteiger charge is 2.37. The van der Waals surface area contributed by atoms with E-state index < -0.39 is 0 Å². The van der Waals surface area contributed by atoms with E-state index in [9.17, 15) is 14.4 Å². The molecule has 7 heteroatoms. The highest BCUT2D eigenvalue weighted by atomic mass is 16.2. The van der Waals surface area contributed by atoms with Crippen LogP contribution in [0.2, 0.25) is 0 Å². The normalized spacial score (nSPS) is 21.1. The predicted octanol–water partition coefficient (Wildman–Crippen LogP) is 1.63. The average Bonchev–Trinajstić information content (AvgIpc) is 3.22. The van der Waals surface area contributed by atoms with Crippen molar-refractivity contribution in [3.05, 3.63) is 34.7 Å². The molecule has 1 saturated carbocycles. The third-order valence-electron chi connectivity index (χ3n) is 5.86. The van der Waals surface area contributed by atoms with Crippen LogP contribution in [0, 0.1) is 5.92 Å². The van der Waals surface area contributed by atoms with Crippen LogP contribution in [0.5, 0.6) is 0 Å². The van der Waals surface area contributed by atoms with Gasteiger partial charge in [0, 0.05) is 32.1 Å². The number of imidazole rings is 1. The number of nitrogens with one attached hydrogen (secondary N) is 2. The van der Waals surface area contributed by atoms with Crippen molar-refractivity contribution in [2.24, 2.45) is 5.92 Å². The molecule has 7 nitrogen and oxygen atoms in total. The summed E-state index contributed by atoms with van der Waals surface area (Å²) in [5, 5.41) is 2.91. The first-order valence-electron chi connectivity index (χ1n) is 9.88. The van der Waals surface area contributed by atoms with Crippen molar-refractivity contribution in [2.45, 2.75) is 51.1 Å². The Morgan fingerprint density at radius 3 is 2.74 bits per heavy atom. The summed E-state index contributed by atoms with van der Waals surface area (Å²) in [5.74, 6) is -0.261. The van der Waals surface area contributed by atoms with Gasteiger partial charge in [-0.05, 0) is 25.0 Å².